The number of benzene rings is 2. The summed E-state index contributed by atoms with van der Waals surface area (Å²) < 4.78 is 5.14. The average Bonchev–Trinajstić information content (AvgIpc) is 2.28. The summed E-state index contributed by atoms with van der Waals surface area (Å²) in [5.41, 5.74) is 1.56. The largest absolute Gasteiger partial charge is 0.423 e. The van der Waals surface area contributed by atoms with Gasteiger partial charge < -0.3 is 4.42 Å². The minimum Gasteiger partial charge on any atom is -0.423 e. The highest BCUT2D eigenvalue weighted by molar-refractivity contribution is 6.05. The van der Waals surface area contributed by atoms with Crippen molar-refractivity contribution in [3.63, 3.8) is 0 Å². The third kappa shape index (κ3) is 1.31. The second-order valence-electron chi connectivity index (χ2n) is 3.96. The van der Waals surface area contributed by atoms with E-state index in [9.17, 15) is 4.79 Å². The molecule has 0 unspecified atom stereocenters. The Morgan fingerprint density at radius 2 is 1.75 bits per heavy atom. The van der Waals surface area contributed by atoms with Crippen LogP contribution in [0.1, 0.15) is 5.56 Å². The number of hydrogen-bond donors (Lipinski definition) is 0. The first-order valence-corrected chi connectivity index (χ1v) is 5.17. The molecule has 2 aromatic carbocycles. The molecule has 1 aromatic heterocycles. The summed E-state index contributed by atoms with van der Waals surface area (Å²) in [6.07, 6.45) is 0. The van der Waals surface area contributed by atoms with Crippen LogP contribution in [0.2, 0.25) is 0 Å². The third-order valence-corrected chi connectivity index (χ3v) is 2.77. The molecule has 1 heterocycles. The van der Waals surface area contributed by atoms with Crippen molar-refractivity contribution in [2.75, 3.05) is 0 Å². The van der Waals surface area contributed by atoms with Gasteiger partial charge in [0.1, 0.15) is 5.58 Å². The molecule has 0 N–H and O–H groups in total. The Labute approximate surface area is 92.1 Å². The standard InChI is InChI=1S/C14H10O2/c1-9-2-4-11-10(8-9)3-6-13-12(11)5-7-14(15)16-13/h2-8H,1H3. The summed E-state index contributed by atoms with van der Waals surface area (Å²) in [5.74, 6) is 0. The van der Waals surface area contributed by atoms with E-state index in [1.54, 1.807) is 0 Å². The Bertz CT molecular complexity index is 738. The molecule has 0 amide bonds. The number of fused-ring (bicyclic) bond motifs is 3. The van der Waals surface area contributed by atoms with Crippen LogP contribution in [0.15, 0.2) is 51.7 Å². The van der Waals surface area contributed by atoms with Crippen molar-refractivity contribution in [2.24, 2.45) is 0 Å². The van der Waals surface area contributed by atoms with Crippen molar-refractivity contribution in [1.29, 1.82) is 0 Å². The Hall–Kier alpha value is -2.09. The summed E-state index contributed by atoms with van der Waals surface area (Å²) in [4.78, 5) is 11.1. The molecule has 3 aromatic rings. The lowest BCUT2D eigenvalue weighted by molar-refractivity contribution is 0.561. The highest BCUT2D eigenvalue weighted by Crippen LogP contribution is 2.24. The molecule has 2 nitrogen and oxygen atoms in total. The molecule has 0 fully saturated rings. The second kappa shape index (κ2) is 3.20. The van der Waals surface area contributed by atoms with Gasteiger partial charge in [-0.25, -0.2) is 4.79 Å². The maximum Gasteiger partial charge on any atom is 0.336 e. The van der Waals surface area contributed by atoms with Crippen LogP contribution in [0.25, 0.3) is 21.7 Å². The van der Waals surface area contributed by atoms with Crippen LogP contribution in [0.4, 0.5) is 0 Å². The molecule has 2 heteroatoms. The first-order valence-electron chi connectivity index (χ1n) is 5.17. The topological polar surface area (TPSA) is 30.2 Å². The molecule has 0 aliphatic carbocycles. The first kappa shape index (κ1) is 9.16. The van der Waals surface area contributed by atoms with Crippen molar-refractivity contribution in [2.45, 2.75) is 6.92 Å². The van der Waals surface area contributed by atoms with Gasteiger partial charge in [0.15, 0.2) is 0 Å². The molecule has 0 aliphatic rings. The van der Waals surface area contributed by atoms with E-state index < -0.39 is 0 Å². The van der Waals surface area contributed by atoms with Gasteiger partial charge in [0.05, 0.1) is 0 Å². The van der Waals surface area contributed by atoms with E-state index in [0.717, 1.165) is 10.8 Å². The van der Waals surface area contributed by atoms with Crippen LogP contribution >= 0.6 is 0 Å². The second-order valence-corrected chi connectivity index (χ2v) is 3.96. The summed E-state index contributed by atoms with van der Waals surface area (Å²) in [5, 5.41) is 3.27. The first-order chi connectivity index (χ1) is 7.74. The van der Waals surface area contributed by atoms with E-state index in [4.69, 9.17) is 4.42 Å². The van der Waals surface area contributed by atoms with Crippen molar-refractivity contribution in [3.8, 4) is 0 Å². The van der Waals surface area contributed by atoms with Crippen LogP contribution in [0.5, 0.6) is 0 Å². The van der Waals surface area contributed by atoms with E-state index in [-0.39, 0.29) is 5.63 Å². The SMILES string of the molecule is Cc1ccc2c(ccc3oc(=O)ccc32)c1. The Morgan fingerprint density at radius 3 is 2.62 bits per heavy atom. The van der Waals surface area contributed by atoms with Gasteiger partial charge in [0.2, 0.25) is 0 Å². The van der Waals surface area contributed by atoms with Crippen molar-refractivity contribution in [3.05, 3.63) is 58.4 Å². The van der Waals surface area contributed by atoms with Crippen LogP contribution in [-0.4, -0.2) is 0 Å². The van der Waals surface area contributed by atoms with Gasteiger partial charge >= 0.3 is 5.63 Å². The minimum absolute atomic E-state index is 0.307. The maximum atomic E-state index is 11.1. The van der Waals surface area contributed by atoms with Gasteiger partial charge in [-0.3, -0.25) is 0 Å². The van der Waals surface area contributed by atoms with Crippen LogP contribution in [-0.2, 0) is 0 Å². The highest BCUT2D eigenvalue weighted by Gasteiger charge is 2.02. The van der Waals surface area contributed by atoms with Crippen LogP contribution in [0.3, 0.4) is 0 Å². The summed E-state index contributed by atoms with van der Waals surface area (Å²) >= 11 is 0. The third-order valence-electron chi connectivity index (χ3n) is 2.77. The molecule has 16 heavy (non-hydrogen) atoms. The molecule has 0 saturated carbocycles. The van der Waals surface area contributed by atoms with Crippen molar-refractivity contribution >= 4 is 21.7 Å². The predicted molar refractivity (Wildman–Crippen MR) is 64.7 cm³/mol. The van der Waals surface area contributed by atoms with Crippen molar-refractivity contribution in [1.82, 2.24) is 0 Å². The summed E-state index contributed by atoms with van der Waals surface area (Å²) in [7, 11) is 0. The van der Waals surface area contributed by atoms with Gasteiger partial charge in [-0.05, 0) is 29.8 Å². The monoisotopic (exact) mass is 210 g/mol. The van der Waals surface area contributed by atoms with Crippen LogP contribution in [0, 0.1) is 6.92 Å². The maximum absolute atomic E-state index is 11.1. The molecule has 0 saturated heterocycles. The molecule has 0 aliphatic heterocycles. The Kier molecular flexibility index (Phi) is 1.83. The predicted octanol–water partition coefficient (Wildman–Crippen LogP) is 3.25. The van der Waals surface area contributed by atoms with E-state index >= 15 is 0 Å². The zero-order chi connectivity index (χ0) is 11.1. The molecule has 0 bridgehead atoms. The van der Waals surface area contributed by atoms with Gasteiger partial charge in [0, 0.05) is 11.5 Å². The fraction of sp³-hybridized carbons (Fsp3) is 0.0714. The Balaban J connectivity index is 2.54. The molecule has 0 radical (unpaired) electrons. The molecule has 0 spiro atoms. The van der Waals surface area contributed by atoms with Gasteiger partial charge in [0.25, 0.3) is 0 Å². The lowest BCUT2D eigenvalue weighted by atomic mass is 10.0. The number of rotatable bonds is 0. The summed E-state index contributed by atoms with van der Waals surface area (Å²) in [6.45, 7) is 2.06. The quantitative estimate of drug-likeness (QED) is 0.421. The zero-order valence-corrected chi connectivity index (χ0v) is 8.86. The molecular formula is C14H10O2. The number of hydrogen-bond acceptors (Lipinski definition) is 2. The lowest BCUT2D eigenvalue weighted by Gasteiger charge is -2.03. The minimum atomic E-state index is -0.307. The van der Waals surface area contributed by atoms with E-state index in [1.165, 1.54) is 17.0 Å². The normalized spacial score (nSPS) is 11.1. The van der Waals surface area contributed by atoms with Crippen molar-refractivity contribution < 1.29 is 4.42 Å². The molecule has 0 atom stereocenters. The highest BCUT2D eigenvalue weighted by atomic mass is 16.4. The van der Waals surface area contributed by atoms with E-state index in [2.05, 4.69) is 25.1 Å². The fourth-order valence-electron chi connectivity index (χ4n) is 2.01. The van der Waals surface area contributed by atoms with Crippen LogP contribution < -0.4 is 5.63 Å². The molecule has 78 valence electrons. The Morgan fingerprint density at radius 1 is 0.938 bits per heavy atom. The van der Waals surface area contributed by atoms with Gasteiger partial charge in [-0.15, -0.1) is 0 Å². The zero-order valence-electron chi connectivity index (χ0n) is 8.86. The molecular weight excluding hydrogens is 200 g/mol. The number of aryl methyl sites for hydroxylation is 1. The average molecular weight is 210 g/mol. The van der Waals surface area contributed by atoms with E-state index in [1.807, 2.05) is 18.2 Å². The fourth-order valence-corrected chi connectivity index (χ4v) is 2.01. The molecule has 3 rings (SSSR count). The van der Waals surface area contributed by atoms with E-state index in [0.29, 0.717) is 5.58 Å². The van der Waals surface area contributed by atoms with Gasteiger partial charge in [-0.2, -0.15) is 0 Å². The summed E-state index contributed by atoms with van der Waals surface area (Å²) in [6, 6.07) is 13.4. The van der Waals surface area contributed by atoms with Gasteiger partial charge in [-0.1, -0.05) is 29.8 Å². The lowest BCUT2D eigenvalue weighted by Crippen LogP contribution is -1.94. The smallest absolute Gasteiger partial charge is 0.336 e.